The predicted molar refractivity (Wildman–Crippen MR) is 93.8 cm³/mol. The van der Waals surface area contributed by atoms with Gasteiger partial charge in [0.2, 0.25) is 0 Å². The molecule has 0 N–H and O–H groups in total. The molecule has 0 unspecified atom stereocenters. The molecule has 3 aromatic rings. The van der Waals surface area contributed by atoms with Gasteiger partial charge < -0.3 is 4.74 Å². The Balaban J connectivity index is 2.03. The van der Waals surface area contributed by atoms with E-state index < -0.39 is 11.5 Å². The molecule has 0 radical (unpaired) electrons. The lowest BCUT2D eigenvalue weighted by Crippen LogP contribution is -2.38. The van der Waals surface area contributed by atoms with E-state index in [1.165, 1.54) is 18.4 Å². The predicted octanol–water partition coefficient (Wildman–Crippen LogP) is 4.03. The molecule has 0 fully saturated rings. The number of ketones is 1. The number of aromatic nitrogens is 1. The number of hydrogen-bond acceptors (Lipinski definition) is 5. The SMILES string of the molecule is CO[C@@](C)(C(=O)[C@H](C#N)c1nc2ccccc2s1)c1ccccc1. The molecule has 0 aliphatic carbocycles. The first kappa shape index (κ1) is 16.3. The third-order valence-corrected chi connectivity index (χ3v) is 5.25. The molecule has 0 saturated heterocycles. The van der Waals surface area contributed by atoms with E-state index in [4.69, 9.17) is 4.74 Å². The molecule has 0 spiro atoms. The molecule has 2 aromatic carbocycles. The number of fused-ring (bicyclic) bond motifs is 1. The zero-order valence-corrected chi connectivity index (χ0v) is 14.2. The van der Waals surface area contributed by atoms with Crippen LogP contribution in [0.25, 0.3) is 10.2 Å². The van der Waals surface area contributed by atoms with Crippen molar-refractivity contribution in [1.82, 2.24) is 4.98 Å². The first-order valence-electron chi connectivity index (χ1n) is 7.50. The number of rotatable bonds is 5. The number of carbonyl (C=O) groups excluding carboxylic acids is 1. The molecule has 24 heavy (non-hydrogen) atoms. The summed E-state index contributed by atoms with van der Waals surface area (Å²) >= 11 is 1.37. The van der Waals surface area contributed by atoms with Crippen molar-refractivity contribution in [2.24, 2.45) is 0 Å². The van der Waals surface area contributed by atoms with E-state index in [9.17, 15) is 10.1 Å². The zero-order chi connectivity index (χ0) is 17.2. The molecular formula is C19H16N2O2S. The number of benzene rings is 2. The number of methoxy groups -OCH3 is 1. The van der Waals surface area contributed by atoms with Crippen molar-refractivity contribution in [2.75, 3.05) is 7.11 Å². The minimum atomic E-state index is -1.19. The maximum Gasteiger partial charge on any atom is 0.192 e. The fourth-order valence-electron chi connectivity index (χ4n) is 2.63. The van der Waals surface area contributed by atoms with E-state index in [1.807, 2.05) is 54.6 Å². The van der Waals surface area contributed by atoms with Crippen molar-refractivity contribution in [1.29, 1.82) is 5.26 Å². The highest BCUT2D eigenvalue weighted by atomic mass is 32.1. The molecule has 5 heteroatoms. The lowest BCUT2D eigenvalue weighted by Gasteiger charge is -2.28. The Morgan fingerprint density at radius 2 is 1.88 bits per heavy atom. The highest BCUT2D eigenvalue weighted by Crippen LogP contribution is 2.35. The summed E-state index contributed by atoms with van der Waals surface area (Å²) < 4.78 is 6.50. The number of Topliss-reactive ketones (excluding diaryl/α,β-unsaturated/α-hetero) is 1. The Morgan fingerprint density at radius 1 is 1.21 bits per heavy atom. The average molecular weight is 336 g/mol. The summed E-state index contributed by atoms with van der Waals surface area (Å²) in [5.74, 6) is -1.27. The van der Waals surface area contributed by atoms with Crippen LogP contribution in [0, 0.1) is 11.3 Å². The fraction of sp³-hybridized carbons (Fsp3) is 0.211. The highest BCUT2D eigenvalue weighted by Gasteiger charge is 2.41. The molecule has 1 heterocycles. The summed E-state index contributed by atoms with van der Waals surface area (Å²) in [6.07, 6.45) is 0. The quantitative estimate of drug-likeness (QED) is 0.705. The Bertz CT molecular complexity index is 881. The van der Waals surface area contributed by atoms with Gasteiger partial charge in [0.1, 0.15) is 10.6 Å². The van der Waals surface area contributed by atoms with E-state index in [0.717, 1.165) is 15.8 Å². The number of thiazole rings is 1. The Labute approximate surface area is 144 Å². The van der Waals surface area contributed by atoms with E-state index in [2.05, 4.69) is 11.1 Å². The Kier molecular flexibility index (Phi) is 4.43. The molecule has 0 aliphatic heterocycles. The second kappa shape index (κ2) is 6.52. The maximum absolute atomic E-state index is 13.1. The molecule has 0 saturated carbocycles. The van der Waals surface area contributed by atoms with Crippen molar-refractivity contribution in [3.63, 3.8) is 0 Å². The first-order valence-corrected chi connectivity index (χ1v) is 8.32. The lowest BCUT2D eigenvalue weighted by atomic mass is 9.85. The highest BCUT2D eigenvalue weighted by molar-refractivity contribution is 7.18. The van der Waals surface area contributed by atoms with E-state index in [1.54, 1.807) is 6.92 Å². The normalized spacial score (nSPS) is 14.7. The van der Waals surface area contributed by atoms with Crippen molar-refractivity contribution in [3.8, 4) is 6.07 Å². The minimum absolute atomic E-state index is 0.308. The standard InChI is InChI=1S/C19H16N2O2S/c1-19(23-2,13-8-4-3-5-9-13)17(22)14(12-20)18-21-15-10-6-7-11-16(15)24-18/h3-11,14H,1-2H3/t14-,19+/m0/s1. The topological polar surface area (TPSA) is 63.0 Å². The minimum Gasteiger partial charge on any atom is -0.366 e. The van der Waals surface area contributed by atoms with Crippen LogP contribution in [0.5, 0.6) is 0 Å². The van der Waals surface area contributed by atoms with Crippen molar-refractivity contribution in [2.45, 2.75) is 18.4 Å². The maximum atomic E-state index is 13.1. The number of nitrogens with zero attached hydrogens (tertiary/aromatic N) is 2. The van der Waals surface area contributed by atoms with Gasteiger partial charge in [-0.15, -0.1) is 11.3 Å². The van der Waals surface area contributed by atoms with Crippen molar-refractivity contribution < 1.29 is 9.53 Å². The second-order valence-electron chi connectivity index (χ2n) is 5.55. The van der Waals surface area contributed by atoms with Crippen LogP contribution >= 0.6 is 11.3 Å². The molecule has 3 rings (SSSR count). The number of hydrogen-bond donors (Lipinski definition) is 0. The zero-order valence-electron chi connectivity index (χ0n) is 13.4. The summed E-state index contributed by atoms with van der Waals surface area (Å²) in [7, 11) is 1.48. The van der Waals surface area contributed by atoms with Gasteiger partial charge in [0, 0.05) is 7.11 Å². The Hall–Kier alpha value is -2.55. The molecule has 0 aliphatic rings. The van der Waals surface area contributed by atoms with E-state index in [0.29, 0.717) is 5.01 Å². The van der Waals surface area contributed by atoms with Gasteiger partial charge in [-0.25, -0.2) is 4.98 Å². The van der Waals surface area contributed by atoms with Gasteiger partial charge in [0.25, 0.3) is 0 Å². The molecule has 1 aromatic heterocycles. The van der Waals surface area contributed by atoms with Crippen LogP contribution in [0.2, 0.25) is 0 Å². The Morgan fingerprint density at radius 3 is 2.50 bits per heavy atom. The molecule has 0 bridgehead atoms. The summed E-state index contributed by atoms with van der Waals surface area (Å²) in [4.78, 5) is 17.6. The second-order valence-corrected chi connectivity index (χ2v) is 6.61. The van der Waals surface area contributed by atoms with Gasteiger partial charge >= 0.3 is 0 Å². The molecule has 2 atom stereocenters. The van der Waals surface area contributed by atoms with E-state index >= 15 is 0 Å². The summed E-state index contributed by atoms with van der Waals surface area (Å²) in [5.41, 5.74) is 0.322. The average Bonchev–Trinajstić information content (AvgIpc) is 3.06. The van der Waals surface area contributed by atoms with E-state index in [-0.39, 0.29) is 5.78 Å². The lowest BCUT2D eigenvalue weighted by molar-refractivity contribution is -0.140. The first-order chi connectivity index (χ1) is 11.6. The van der Waals surface area contributed by atoms with Gasteiger partial charge in [-0.05, 0) is 24.6 Å². The van der Waals surface area contributed by atoms with Gasteiger partial charge in [-0.1, -0.05) is 42.5 Å². The van der Waals surface area contributed by atoms with Crippen LogP contribution in [0.3, 0.4) is 0 Å². The van der Waals surface area contributed by atoms with Crippen LogP contribution < -0.4 is 0 Å². The summed E-state index contributed by atoms with van der Waals surface area (Å²) in [6, 6.07) is 18.9. The largest absolute Gasteiger partial charge is 0.366 e. The third kappa shape index (κ3) is 2.71. The molecule has 0 amide bonds. The van der Waals surface area contributed by atoms with Crippen LogP contribution in [-0.4, -0.2) is 17.9 Å². The fourth-order valence-corrected chi connectivity index (χ4v) is 3.64. The number of carbonyl (C=O) groups is 1. The van der Waals surface area contributed by atoms with Gasteiger partial charge in [-0.3, -0.25) is 4.79 Å². The van der Waals surface area contributed by atoms with Crippen molar-refractivity contribution >= 4 is 27.3 Å². The van der Waals surface area contributed by atoms with Crippen LogP contribution in [0.1, 0.15) is 23.4 Å². The van der Waals surface area contributed by atoms with Gasteiger partial charge in [0.05, 0.1) is 16.3 Å². The number of ether oxygens (including phenoxy) is 1. The number of nitriles is 1. The third-order valence-electron chi connectivity index (χ3n) is 4.15. The van der Waals surface area contributed by atoms with Crippen LogP contribution in [-0.2, 0) is 15.1 Å². The molecular weight excluding hydrogens is 320 g/mol. The van der Waals surface area contributed by atoms with Crippen molar-refractivity contribution in [3.05, 3.63) is 65.2 Å². The van der Waals surface area contributed by atoms with Crippen LogP contribution in [0.15, 0.2) is 54.6 Å². The summed E-state index contributed by atoms with van der Waals surface area (Å²) in [5, 5.41) is 10.1. The number of para-hydroxylation sites is 1. The monoisotopic (exact) mass is 336 g/mol. The van der Waals surface area contributed by atoms with Gasteiger partial charge in [0.15, 0.2) is 11.7 Å². The molecule has 4 nitrogen and oxygen atoms in total. The summed E-state index contributed by atoms with van der Waals surface area (Å²) in [6.45, 7) is 1.70. The smallest absolute Gasteiger partial charge is 0.192 e. The van der Waals surface area contributed by atoms with Crippen LogP contribution in [0.4, 0.5) is 0 Å². The molecule has 120 valence electrons. The van der Waals surface area contributed by atoms with Gasteiger partial charge in [-0.2, -0.15) is 5.26 Å².